The van der Waals surface area contributed by atoms with Crippen LogP contribution in [0.15, 0.2) is 84.9 Å². The zero-order valence-corrected chi connectivity index (χ0v) is 44.6. The SMILES string of the molecule is CN[C@@H](CO)C(=O)N[C@H](C(=O)N1C[C@@H](CC(=O)c2cccc(C(=O)C[C@H]3C[C@@H](C(=O)N[C@H](C)c4ccccc4)N(C(=O)[C@@H](NC(=O)[C@H](CO)NC)C(C)(C)C)C3)c2)C[C@H]1C(=O)N[C@H](C)c1ccccc1)C(C)(C)C. The van der Waals surface area contributed by atoms with Crippen LogP contribution in [-0.4, -0.2) is 144 Å². The van der Waals surface area contributed by atoms with Crippen molar-refractivity contribution in [2.24, 2.45) is 22.7 Å². The summed E-state index contributed by atoms with van der Waals surface area (Å²) in [7, 11) is 3.04. The number of aliphatic hydroxyl groups excluding tert-OH is 2. The van der Waals surface area contributed by atoms with Crippen molar-refractivity contribution in [3.05, 3.63) is 107 Å². The van der Waals surface area contributed by atoms with E-state index in [0.29, 0.717) is 0 Å². The molecule has 0 radical (unpaired) electrons. The number of hydrogen-bond donors (Lipinski definition) is 8. The number of carbonyl (C=O) groups excluding carboxylic acids is 8. The minimum atomic E-state index is -1.09. The van der Waals surface area contributed by atoms with E-state index in [0.717, 1.165) is 11.1 Å². The first-order chi connectivity index (χ1) is 34.9. The van der Waals surface area contributed by atoms with E-state index in [-0.39, 0.29) is 61.5 Å². The topological polar surface area (TPSA) is 256 Å². The fraction of sp³-hybridized carbons (Fsp3) is 0.536. The summed E-state index contributed by atoms with van der Waals surface area (Å²) in [5, 5.41) is 36.7. The van der Waals surface area contributed by atoms with Crippen molar-refractivity contribution >= 4 is 47.0 Å². The fourth-order valence-electron chi connectivity index (χ4n) is 9.75. The normalized spacial score (nSPS) is 20.3. The van der Waals surface area contributed by atoms with Crippen LogP contribution in [0.1, 0.15) is 125 Å². The van der Waals surface area contributed by atoms with Crippen molar-refractivity contribution in [1.29, 1.82) is 0 Å². The van der Waals surface area contributed by atoms with E-state index in [9.17, 15) is 48.6 Å². The number of Topliss-reactive ketones (excluding diaryl/α,β-unsaturated/α-hetero) is 2. The smallest absolute Gasteiger partial charge is 0.246 e. The fourth-order valence-corrected chi connectivity index (χ4v) is 9.75. The first-order valence-corrected chi connectivity index (χ1v) is 25.6. The predicted molar refractivity (Wildman–Crippen MR) is 280 cm³/mol. The standard InChI is InChI=1S/C56H78N8O10/c1-33(37-18-13-11-14-19-37)59-51(71)43-24-35(29-63(43)53(73)47(55(3,4)5)61-49(69)41(31-65)57-9)26-45(67)39-22-17-23-40(28-39)46(68)27-36-25-44(52(72)60-34(2)38-20-15-12-16-21-38)64(30-36)54(74)48(56(6,7)8)62-50(70)42(32-66)58-10/h11-23,28,33-36,41-44,47-48,57-58,65-66H,24-27,29-32H2,1-10H3,(H,59,71)(H,60,72)(H,61,69)(H,62,70)/t33-,34-,35-,36-,41+,42+,43+,44+,47-,48-/m1/s1. The first-order valence-electron chi connectivity index (χ1n) is 25.6. The first kappa shape index (κ1) is 58.5. The molecule has 0 unspecified atom stereocenters. The number of aliphatic hydroxyl groups is 2. The van der Waals surface area contributed by atoms with Gasteiger partial charge in [0.05, 0.1) is 25.3 Å². The lowest BCUT2D eigenvalue weighted by Gasteiger charge is -2.36. The van der Waals surface area contributed by atoms with Crippen molar-refractivity contribution in [2.45, 2.75) is 129 Å². The highest BCUT2D eigenvalue weighted by Gasteiger charge is 2.48. The van der Waals surface area contributed by atoms with Crippen molar-refractivity contribution in [2.75, 3.05) is 40.4 Å². The Kier molecular flexibility index (Phi) is 20.4. The Hall–Kier alpha value is -6.34. The Labute approximate surface area is 435 Å². The number of likely N-dealkylation sites (tertiary alicyclic amines) is 2. The molecule has 2 saturated heterocycles. The van der Waals surface area contributed by atoms with Crippen molar-refractivity contribution < 1.29 is 48.6 Å². The molecule has 0 aliphatic carbocycles. The van der Waals surface area contributed by atoms with Gasteiger partial charge in [-0.3, -0.25) is 38.4 Å². The third-order valence-electron chi connectivity index (χ3n) is 14.2. The van der Waals surface area contributed by atoms with Gasteiger partial charge >= 0.3 is 0 Å². The van der Waals surface area contributed by atoms with Gasteiger partial charge in [-0.15, -0.1) is 0 Å². The van der Waals surface area contributed by atoms with E-state index in [1.54, 1.807) is 59.7 Å². The lowest BCUT2D eigenvalue weighted by molar-refractivity contribution is -0.144. The third-order valence-corrected chi connectivity index (χ3v) is 14.2. The minimum absolute atomic E-state index is 0.0337. The van der Waals surface area contributed by atoms with Crippen molar-refractivity contribution in [3.63, 3.8) is 0 Å². The molecular weight excluding hydrogens is 945 g/mol. The molecule has 2 aliphatic heterocycles. The molecule has 74 heavy (non-hydrogen) atoms. The van der Waals surface area contributed by atoms with Gasteiger partial charge in [0.15, 0.2) is 11.6 Å². The average molecular weight is 1020 g/mol. The third kappa shape index (κ3) is 14.9. The Morgan fingerprint density at radius 1 is 0.541 bits per heavy atom. The number of nitrogens with zero attached hydrogens (tertiary/aromatic N) is 2. The summed E-state index contributed by atoms with van der Waals surface area (Å²) in [5.41, 5.74) is 0.587. The highest BCUT2D eigenvalue weighted by Crippen LogP contribution is 2.34. The molecule has 2 fully saturated rings. The second-order valence-electron chi connectivity index (χ2n) is 22.0. The molecule has 2 aliphatic rings. The summed E-state index contributed by atoms with van der Waals surface area (Å²) in [6, 6.07) is 18.1. The second-order valence-corrected chi connectivity index (χ2v) is 22.0. The van der Waals surface area contributed by atoms with Gasteiger partial charge in [0, 0.05) is 37.1 Å². The highest BCUT2D eigenvalue weighted by atomic mass is 16.3. The molecule has 0 saturated carbocycles. The number of hydrogen-bond acceptors (Lipinski definition) is 12. The van der Waals surface area contributed by atoms with Crippen LogP contribution < -0.4 is 31.9 Å². The lowest BCUT2D eigenvalue weighted by atomic mass is 9.85. The van der Waals surface area contributed by atoms with Crippen LogP contribution in [0, 0.1) is 22.7 Å². The molecule has 402 valence electrons. The van der Waals surface area contributed by atoms with Crippen LogP contribution in [0.3, 0.4) is 0 Å². The summed E-state index contributed by atoms with van der Waals surface area (Å²) >= 11 is 0. The monoisotopic (exact) mass is 1020 g/mol. The van der Waals surface area contributed by atoms with Crippen molar-refractivity contribution in [3.8, 4) is 0 Å². The zero-order valence-electron chi connectivity index (χ0n) is 44.6. The molecule has 18 nitrogen and oxygen atoms in total. The lowest BCUT2D eigenvalue weighted by Crippen LogP contribution is -2.60. The van der Waals surface area contributed by atoms with Crippen LogP contribution in [0.5, 0.6) is 0 Å². The molecule has 0 aromatic heterocycles. The summed E-state index contributed by atoms with van der Waals surface area (Å²) in [5.74, 6) is -4.59. The molecule has 3 aromatic rings. The molecule has 8 N–H and O–H groups in total. The number of benzene rings is 3. The van der Waals surface area contributed by atoms with Crippen LogP contribution in [0.25, 0.3) is 0 Å². The van der Waals surface area contributed by atoms with E-state index >= 15 is 0 Å². The van der Waals surface area contributed by atoms with Gasteiger partial charge in [-0.25, -0.2) is 0 Å². The summed E-state index contributed by atoms with van der Waals surface area (Å²) in [4.78, 5) is 115. The predicted octanol–water partition coefficient (Wildman–Crippen LogP) is 3.24. The van der Waals surface area contributed by atoms with Gasteiger partial charge in [0.2, 0.25) is 35.4 Å². The summed E-state index contributed by atoms with van der Waals surface area (Å²) < 4.78 is 0. The Morgan fingerprint density at radius 3 is 1.20 bits per heavy atom. The maximum absolute atomic E-state index is 14.6. The van der Waals surface area contributed by atoms with E-state index in [2.05, 4.69) is 31.9 Å². The summed E-state index contributed by atoms with van der Waals surface area (Å²) in [6.07, 6.45) is 0.179. The van der Waals surface area contributed by atoms with E-state index in [4.69, 9.17) is 0 Å². The minimum Gasteiger partial charge on any atom is -0.394 e. The maximum atomic E-state index is 14.6. The molecule has 2 heterocycles. The van der Waals surface area contributed by atoms with Crippen molar-refractivity contribution in [1.82, 2.24) is 41.7 Å². The van der Waals surface area contributed by atoms with Crippen LogP contribution >= 0.6 is 0 Å². The van der Waals surface area contributed by atoms with Gasteiger partial charge in [0.25, 0.3) is 0 Å². The van der Waals surface area contributed by atoms with Gasteiger partial charge in [-0.2, -0.15) is 0 Å². The molecule has 0 bridgehead atoms. The van der Waals surface area contributed by atoms with Gasteiger partial charge in [-0.05, 0) is 80.6 Å². The molecule has 10 atom stereocenters. The number of carbonyl (C=O) groups is 8. The molecular formula is C56H78N8O10. The zero-order chi connectivity index (χ0) is 54.7. The molecule has 18 heteroatoms. The summed E-state index contributed by atoms with van der Waals surface area (Å²) in [6.45, 7) is 13.5. The molecule has 0 spiro atoms. The van der Waals surface area contributed by atoms with E-state index in [1.807, 2.05) is 74.5 Å². The number of rotatable bonds is 22. The van der Waals surface area contributed by atoms with Gasteiger partial charge < -0.3 is 51.9 Å². The number of likely N-dealkylation sites (N-methyl/N-ethyl adjacent to an activating group) is 2. The molecule has 6 amide bonds. The highest BCUT2D eigenvalue weighted by molar-refractivity contribution is 6.02. The number of amides is 6. The number of nitrogens with one attached hydrogen (secondary N) is 6. The van der Waals surface area contributed by atoms with Gasteiger partial charge in [-0.1, -0.05) is 120 Å². The Morgan fingerprint density at radius 2 is 0.892 bits per heavy atom. The van der Waals surface area contributed by atoms with Crippen LogP contribution in [0.4, 0.5) is 0 Å². The average Bonchev–Trinajstić information content (AvgIpc) is 4.00. The van der Waals surface area contributed by atoms with E-state index in [1.165, 1.54) is 30.0 Å². The largest absolute Gasteiger partial charge is 0.394 e. The molecule has 3 aromatic carbocycles. The van der Waals surface area contributed by atoms with Crippen LogP contribution in [-0.2, 0) is 28.8 Å². The quantitative estimate of drug-likeness (QED) is 0.0676. The second kappa shape index (κ2) is 25.7. The Balaban J connectivity index is 1.36. The maximum Gasteiger partial charge on any atom is 0.246 e. The molecule has 5 rings (SSSR count). The number of ketones is 2. The van der Waals surface area contributed by atoms with Crippen LogP contribution in [0.2, 0.25) is 0 Å². The van der Waals surface area contributed by atoms with Gasteiger partial charge in [0.1, 0.15) is 36.3 Å². The van der Waals surface area contributed by atoms with E-state index < -0.39 is 120 Å². The Bertz CT molecular complexity index is 2290.